The van der Waals surface area contributed by atoms with Crippen molar-refractivity contribution in [2.24, 2.45) is 0 Å². The van der Waals surface area contributed by atoms with Gasteiger partial charge in [0, 0.05) is 0 Å². The molecule has 1 aliphatic heterocycles. The van der Waals surface area contributed by atoms with Crippen LogP contribution >= 0.6 is 0 Å². The highest BCUT2D eigenvalue weighted by Gasteiger charge is 2.51. The van der Waals surface area contributed by atoms with Crippen molar-refractivity contribution in [3.05, 3.63) is 54.1 Å². The van der Waals surface area contributed by atoms with Gasteiger partial charge in [-0.05, 0) is 74.5 Å². The molecule has 0 aliphatic carbocycles. The molecular formula is C20H23F3N2O5S. The van der Waals surface area contributed by atoms with Crippen molar-refractivity contribution < 1.29 is 36.3 Å². The summed E-state index contributed by atoms with van der Waals surface area (Å²) in [6.07, 6.45) is -4.48. The lowest BCUT2D eigenvalue weighted by molar-refractivity contribution is -0.137. The highest BCUT2D eigenvalue weighted by Crippen LogP contribution is 2.35. The Morgan fingerprint density at radius 2 is 1.48 bits per heavy atom. The van der Waals surface area contributed by atoms with E-state index in [1.807, 2.05) is 0 Å². The third kappa shape index (κ3) is 4.83. The highest BCUT2D eigenvalue weighted by molar-refractivity contribution is 7.93. The SMILES string of the molecule is C.O=C(NO)C1(S(=O)(=O)c2ccc(Oc3ccc(C(F)(F)F)cc3)cc2)CCNCC1. The molecule has 0 atom stereocenters. The molecule has 1 saturated heterocycles. The summed E-state index contributed by atoms with van der Waals surface area (Å²) in [5.74, 6) is -0.637. The summed E-state index contributed by atoms with van der Waals surface area (Å²) in [4.78, 5) is 12.1. The normalized spacial score (nSPS) is 16.1. The van der Waals surface area contributed by atoms with E-state index in [4.69, 9.17) is 9.94 Å². The van der Waals surface area contributed by atoms with E-state index in [-0.39, 0.29) is 36.7 Å². The van der Waals surface area contributed by atoms with E-state index in [2.05, 4.69) is 5.32 Å². The number of ether oxygens (including phenoxy) is 1. The van der Waals surface area contributed by atoms with Crippen LogP contribution in [0.3, 0.4) is 0 Å². The van der Waals surface area contributed by atoms with Crippen molar-refractivity contribution >= 4 is 15.7 Å². The van der Waals surface area contributed by atoms with Crippen LogP contribution in [0.15, 0.2) is 53.4 Å². The summed E-state index contributed by atoms with van der Waals surface area (Å²) in [5.41, 5.74) is 0.646. The van der Waals surface area contributed by atoms with E-state index >= 15 is 0 Å². The summed E-state index contributed by atoms with van der Waals surface area (Å²) in [6.45, 7) is 0.587. The number of amides is 1. The fraction of sp³-hybridized carbons (Fsp3) is 0.350. The molecule has 0 saturated carbocycles. The van der Waals surface area contributed by atoms with Gasteiger partial charge in [-0.25, -0.2) is 13.9 Å². The molecule has 11 heteroatoms. The maximum atomic E-state index is 13.2. The van der Waals surface area contributed by atoms with E-state index < -0.39 is 32.2 Å². The minimum Gasteiger partial charge on any atom is -0.457 e. The van der Waals surface area contributed by atoms with Crippen molar-refractivity contribution in [1.29, 1.82) is 0 Å². The molecule has 0 bridgehead atoms. The standard InChI is InChI=1S/C19H19F3N2O5S.CH4/c20-19(21,22)13-1-3-14(4-2-13)29-15-5-7-16(8-6-15)30(27,28)18(17(25)24-26)9-11-23-12-10-18;/h1-8,23,26H,9-12H2,(H,24,25);1H4. The second kappa shape index (κ2) is 9.25. The van der Waals surface area contributed by atoms with Gasteiger partial charge in [-0.3, -0.25) is 10.0 Å². The second-order valence-corrected chi connectivity index (χ2v) is 9.04. The molecule has 2 aromatic rings. The van der Waals surface area contributed by atoms with E-state index in [1.165, 1.54) is 29.7 Å². The number of sulfone groups is 1. The molecule has 1 heterocycles. The van der Waals surface area contributed by atoms with Gasteiger partial charge in [0.2, 0.25) is 0 Å². The third-order valence-corrected chi connectivity index (χ3v) is 7.51. The molecule has 2 aromatic carbocycles. The van der Waals surface area contributed by atoms with Crippen LogP contribution in [0.5, 0.6) is 11.5 Å². The maximum Gasteiger partial charge on any atom is 0.416 e. The minimum absolute atomic E-state index is 0. The number of halogens is 3. The number of nitrogens with one attached hydrogen (secondary N) is 2. The van der Waals surface area contributed by atoms with Crippen LogP contribution in [0, 0.1) is 0 Å². The van der Waals surface area contributed by atoms with Crippen LogP contribution in [0.25, 0.3) is 0 Å². The van der Waals surface area contributed by atoms with Crippen LogP contribution in [-0.2, 0) is 20.8 Å². The molecule has 31 heavy (non-hydrogen) atoms. The number of hydroxylamine groups is 1. The molecule has 1 aliphatic rings. The quantitative estimate of drug-likeness (QED) is 0.466. The number of benzene rings is 2. The van der Waals surface area contributed by atoms with Gasteiger partial charge in [0.25, 0.3) is 5.91 Å². The van der Waals surface area contributed by atoms with Crippen molar-refractivity contribution in [3.63, 3.8) is 0 Å². The maximum absolute atomic E-state index is 13.2. The summed E-state index contributed by atoms with van der Waals surface area (Å²) in [5, 5.41) is 12.0. The minimum atomic E-state index is -4.46. The Morgan fingerprint density at radius 1 is 1.00 bits per heavy atom. The van der Waals surface area contributed by atoms with E-state index in [1.54, 1.807) is 0 Å². The Morgan fingerprint density at radius 3 is 1.94 bits per heavy atom. The smallest absolute Gasteiger partial charge is 0.416 e. The summed E-state index contributed by atoms with van der Waals surface area (Å²) in [6, 6.07) is 9.26. The lowest BCUT2D eigenvalue weighted by Gasteiger charge is -2.34. The molecular weight excluding hydrogens is 437 g/mol. The summed E-state index contributed by atoms with van der Waals surface area (Å²) >= 11 is 0. The fourth-order valence-electron chi connectivity index (χ4n) is 3.31. The number of carbonyl (C=O) groups excluding carboxylic acids is 1. The monoisotopic (exact) mass is 460 g/mol. The zero-order chi connectivity index (χ0) is 22.0. The molecule has 7 nitrogen and oxygen atoms in total. The number of rotatable bonds is 5. The molecule has 1 fully saturated rings. The average molecular weight is 460 g/mol. The van der Waals surface area contributed by atoms with Gasteiger partial charge in [0.1, 0.15) is 11.5 Å². The Bertz CT molecular complexity index is 1000. The number of hydrogen-bond acceptors (Lipinski definition) is 6. The van der Waals surface area contributed by atoms with Crippen LogP contribution < -0.4 is 15.5 Å². The first-order chi connectivity index (χ1) is 14.1. The van der Waals surface area contributed by atoms with Gasteiger partial charge in [-0.2, -0.15) is 13.2 Å². The Kier molecular flexibility index (Phi) is 7.35. The van der Waals surface area contributed by atoms with Crippen LogP contribution in [0.1, 0.15) is 25.8 Å². The van der Waals surface area contributed by atoms with Crippen LogP contribution in [-0.4, -0.2) is 37.4 Å². The topological polar surface area (TPSA) is 105 Å². The first-order valence-corrected chi connectivity index (χ1v) is 10.4. The Labute approximate surface area is 178 Å². The highest BCUT2D eigenvalue weighted by atomic mass is 32.2. The lowest BCUT2D eigenvalue weighted by atomic mass is 9.96. The fourth-order valence-corrected chi connectivity index (χ4v) is 5.29. The number of alkyl halides is 3. The third-order valence-electron chi connectivity index (χ3n) is 4.99. The number of carbonyl (C=O) groups is 1. The van der Waals surface area contributed by atoms with Crippen molar-refractivity contribution in [1.82, 2.24) is 10.8 Å². The predicted molar refractivity (Wildman–Crippen MR) is 107 cm³/mol. The molecule has 0 spiro atoms. The Balaban J connectivity index is 0.00000341. The van der Waals surface area contributed by atoms with Gasteiger partial charge < -0.3 is 10.1 Å². The Hall–Kier alpha value is -2.63. The molecule has 0 unspecified atom stereocenters. The van der Waals surface area contributed by atoms with E-state index in [0.717, 1.165) is 24.3 Å². The van der Waals surface area contributed by atoms with Crippen molar-refractivity contribution in [2.45, 2.75) is 36.1 Å². The first kappa shape index (κ1) is 24.6. The molecule has 3 rings (SSSR count). The summed E-state index contributed by atoms with van der Waals surface area (Å²) < 4.78 is 67.9. The largest absolute Gasteiger partial charge is 0.457 e. The van der Waals surface area contributed by atoms with Gasteiger partial charge >= 0.3 is 6.18 Å². The number of piperidine rings is 1. The molecule has 0 radical (unpaired) electrons. The predicted octanol–water partition coefficient (Wildman–Crippen LogP) is 3.54. The van der Waals surface area contributed by atoms with E-state index in [9.17, 15) is 26.4 Å². The molecule has 170 valence electrons. The van der Waals surface area contributed by atoms with Gasteiger partial charge in [-0.15, -0.1) is 0 Å². The van der Waals surface area contributed by atoms with Crippen molar-refractivity contribution in [2.75, 3.05) is 13.1 Å². The van der Waals surface area contributed by atoms with Crippen molar-refractivity contribution in [3.8, 4) is 11.5 Å². The average Bonchev–Trinajstić information content (AvgIpc) is 2.73. The lowest BCUT2D eigenvalue weighted by Crippen LogP contribution is -2.57. The summed E-state index contributed by atoms with van der Waals surface area (Å²) in [7, 11) is -4.14. The molecule has 3 N–H and O–H groups in total. The zero-order valence-corrected chi connectivity index (χ0v) is 16.4. The van der Waals surface area contributed by atoms with Crippen LogP contribution in [0.4, 0.5) is 13.2 Å². The number of hydrogen-bond donors (Lipinski definition) is 3. The first-order valence-electron chi connectivity index (χ1n) is 8.95. The van der Waals surface area contributed by atoms with Gasteiger partial charge in [0.15, 0.2) is 14.6 Å². The van der Waals surface area contributed by atoms with Gasteiger partial charge in [0.05, 0.1) is 10.5 Å². The molecule has 0 aromatic heterocycles. The van der Waals surface area contributed by atoms with Crippen LogP contribution in [0.2, 0.25) is 0 Å². The van der Waals surface area contributed by atoms with Gasteiger partial charge in [-0.1, -0.05) is 7.43 Å². The van der Waals surface area contributed by atoms with E-state index in [0.29, 0.717) is 13.1 Å². The molecule has 1 amide bonds. The zero-order valence-electron chi connectivity index (χ0n) is 15.6. The second-order valence-electron chi connectivity index (χ2n) is 6.78.